The molecule has 1 amide bonds. The Hall–Kier alpha value is -2.27. The number of likely N-dealkylation sites (N-methyl/N-ethyl adjacent to an activating group) is 1. The summed E-state index contributed by atoms with van der Waals surface area (Å²) < 4.78 is 0. The van der Waals surface area contributed by atoms with Crippen LogP contribution in [0.4, 0.5) is 0 Å². The Kier molecular flexibility index (Phi) is 5.19. The zero-order valence-electron chi connectivity index (χ0n) is 17.2. The van der Waals surface area contributed by atoms with E-state index in [-0.39, 0.29) is 5.91 Å². The van der Waals surface area contributed by atoms with E-state index in [4.69, 9.17) is 0 Å². The average molecular weight is 379 g/mol. The summed E-state index contributed by atoms with van der Waals surface area (Å²) in [5.74, 6) is 1.37. The van der Waals surface area contributed by atoms with Crippen LogP contribution in [0.3, 0.4) is 0 Å². The number of nitrogens with zero attached hydrogens (tertiary/aromatic N) is 4. The lowest BCUT2D eigenvalue weighted by Gasteiger charge is -2.49. The number of rotatable bonds is 2. The van der Waals surface area contributed by atoms with Gasteiger partial charge in [-0.3, -0.25) is 4.79 Å². The number of hydrogen-bond acceptors (Lipinski definition) is 4. The van der Waals surface area contributed by atoms with E-state index in [2.05, 4.69) is 52.2 Å². The molecule has 2 fully saturated rings. The number of carbonyl (C=O) groups excluding carboxylic acids is 1. The predicted octanol–water partition coefficient (Wildman–Crippen LogP) is 3.44. The van der Waals surface area contributed by atoms with Gasteiger partial charge in [0.05, 0.1) is 11.3 Å². The first-order chi connectivity index (χ1) is 13.5. The first-order valence-corrected chi connectivity index (χ1v) is 10.3. The summed E-state index contributed by atoms with van der Waals surface area (Å²) in [6.45, 7) is 7.64. The average Bonchev–Trinajstić information content (AvgIpc) is 2.68. The fourth-order valence-corrected chi connectivity index (χ4v) is 5.12. The monoisotopic (exact) mass is 378 g/mol. The first-order valence-electron chi connectivity index (χ1n) is 10.3. The number of aryl methyl sites for hydroxylation is 2. The number of benzene rings is 1. The smallest absolute Gasteiger partial charge is 0.257 e. The quantitative estimate of drug-likeness (QED) is 0.803. The third-order valence-electron chi connectivity index (χ3n) is 6.53. The van der Waals surface area contributed by atoms with Crippen molar-refractivity contribution in [3.63, 3.8) is 0 Å². The predicted molar refractivity (Wildman–Crippen MR) is 110 cm³/mol. The summed E-state index contributed by atoms with van der Waals surface area (Å²) in [5, 5.41) is 0. The van der Waals surface area contributed by atoms with Gasteiger partial charge in [0.25, 0.3) is 5.91 Å². The molecule has 2 aromatic rings. The molecule has 1 unspecified atom stereocenters. The maximum absolute atomic E-state index is 13.0. The molecular formula is C23H30N4O. The first kappa shape index (κ1) is 19.1. The van der Waals surface area contributed by atoms with Gasteiger partial charge in [-0.2, -0.15) is 0 Å². The van der Waals surface area contributed by atoms with E-state index in [1.54, 1.807) is 6.20 Å². The van der Waals surface area contributed by atoms with Gasteiger partial charge in [0, 0.05) is 32.4 Å². The summed E-state index contributed by atoms with van der Waals surface area (Å²) >= 11 is 0. The van der Waals surface area contributed by atoms with Crippen molar-refractivity contribution in [1.82, 2.24) is 19.8 Å². The summed E-state index contributed by atoms with van der Waals surface area (Å²) in [5.41, 5.74) is 3.17. The van der Waals surface area contributed by atoms with Crippen LogP contribution >= 0.6 is 0 Å². The molecule has 5 heteroatoms. The van der Waals surface area contributed by atoms with Crippen molar-refractivity contribution in [3.8, 4) is 0 Å². The summed E-state index contributed by atoms with van der Waals surface area (Å²) in [6.07, 6.45) is 5.04. The topological polar surface area (TPSA) is 49.3 Å². The Morgan fingerprint density at radius 3 is 2.54 bits per heavy atom. The highest BCUT2D eigenvalue weighted by Crippen LogP contribution is 2.44. The van der Waals surface area contributed by atoms with Crippen molar-refractivity contribution in [1.29, 1.82) is 0 Å². The van der Waals surface area contributed by atoms with Crippen LogP contribution in [0, 0.1) is 19.3 Å². The van der Waals surface area contributed by atoms with Gasteiger partial charge in [0.1, 0.15) is 5.82 Å². The van der Waals surface area contributed by atoms with Gasteiger partial charge in [-0.05, 0) is 57.1 Å². The molecule has 2 aliphatic rings. The third kappa shape index (κ3) is 3.81. The van der Waals surface area contributed by atoms with E-state index >= 15 is 0 Å². The van der Waals surface area contributed by atoms with Gasteiger partial charge >= 0.3 is 0 Å². The molecule has 0 bridgehead atoms. The van der Waals surface area contributed by atoms with Crippen LogP contribution in [0.2, 0.25) is 0 Å². The Labute approximate surface area is 167 Å². The SMILES string of the molecule is Cc1ncc(C(=O)N2CCC3(CC2)CC(c2ccccc2)CN(C)C3)c(C)n1. The lowest BCUT2D eigenvalue weighted by Crippen LogP contribution is -2.51. The Balaban J connectivity index is 1.45. The van der Waals surface area contributed by atoms with Crippen molar-refractivity contribution in [2.45, 2.75) is 39.0 Å². The number of amides is 1. The fraction of sp³-hybridized carbons (Fsp3) is 0.522. The van der Waals surface area contributed by atoms with Gasteiger partial charge in [-0.25, -0.2) is 9.97 Å². The van der Waals surface area contributed by atoms with Gasteiger partial charge in [0.2, 0.25) is 0 Å². The number of aromatic nitrogens is 2. The van der Waals surface area contributed by atoms with Crippen LogP contribution in [0.5, 0.6) is 0 Å². The minimum atomic E-state index is 0.0797. The van der Waals surface area contributed by atoms with Crippen molar-refractivity contribution >= 4 is 5.91 Å². The van der Waals surface area contributed by atoms with E-state index in [0.29, 0.717) is 22.7 Å². The van der Waals surface area contributed by atoms with Crippen LogP contribution in [-0.4, -0.2) is 58.9 Å². The van der Waals surface area contributed by atoms with Gasteiger partial charge in [-0.1, -0.05) is 30.3 Å². The molecule has 5 nitrogen and oxygen atoms in total. The minimum absolute atomic E-state index is 0.0797. The largest absolute Gasteiger partial charge is 0.339 e. The normalized spacial score (nSPS) is 22.4. The van der Waals surface area contributed by atoms with E-state index < -0.39 is 0 Å². The number of likely N-dealkylation sites (tertiary alicyclic amines) is 2. The second kappa shape index (κ2) is 7.63. The van der Waals surface area contributed by atoms with Gasteiger partial charge in [-0.15, -0.1) is 0 Å². The maximum atomic E-state index is 13.0. The Morgan fingerprint density at radius 2 is 1.86 bits per heavy atom. The highest BCUT2D eigenvalue weighted by Gasteiger charge is 2.42. The number of hydrogen-bond donors (Lipinski definition) is 0. The molecule has 1 aromatic carbocycles. The summed E-state index contributed by atoms with van der Waals surface area (Å²) in [6, 6.07) is 10.9. The Morgan fingerprint density at radius 1 is 1.14 bits per heavy atom. The molecule has 1 aromatic heterocycles. The lowest BCUT2D eigenvalue weighted by molar-refractivity contribution is 0.0224. The molecule has 0 N–H and O–H groups in total. The van der Waals surface area contributed by atoms with Gasteiger partial charge in [0.15, 0.2) is 0 Å². The molecule has 2 aliphatic heterocycles. The molecule has 0 aliphatic carbocycles. The Bertz CT molecular complexity index is 843. The van der Waals surface area contributed by atoms with Crippen molar-refractivity contribution in [2.24, 2.45) is 5.41 Å². The molecule has 3 heterocycles. The third-order valence-corrected chi connectivity index (χ3v) is 6.53. The van der Waals surface area contributed by atoms with Crippen LogP contribution in [0.25, 0.3) is 0 Å². The zero-order valence-corrected chi connectivity index (χ0v) is 17.2. The van der Waals surface area contributed by atoms with Crippen LogP contribution in [0.1, 0.15) is 52.6 Å². The molecule has 2 saturated heterocycles. The van der Waals surface area contributed by atoms with Crippen molar-refractivity contribution in [3.05, 3.63) is 59.2 Å². The van der Waals surface area contributed by atoms with Crippen LogP contribution in [-0.2, 0) is 0 Å². The van der Waals surface area contributed by atoms with E-state index in [0.717, 1.165) is 44.7 Å². The second-order valence-electron chi connectivity index (χ2n) is 8.72. The zero-order chi connectivity index (χ0) is 19.7. The summed E-state index contributed by atoms with van der Waals surface area (Å²) in [7, 11) is 2.24. The minimum Gasteiger partial charge on any atom is -0.339 e. The standard InChI is InChI=1S/C23H30N4O/c1-17-21(14-24-18(2)25-17)22(28)27-11-9-23(10-12-27)13-20(15-26(3)16-23)19-7-5-4-6-8-19/h4-8,14,20H,9-13,15-16H2,1-3H3. The maximum Gasteiger partial charge on any atom is 0.257 e. The van der Waals surface area contributed by atoms with Crippen LogP contribution in [0.15, 0.2) is 36.5 Å². The fourth-order valence-electron chi connectivity index (χ4n) is 5.12. The molecule has 0 radical (unpaired) electrons. The van der Waals surface area contributed by atoms with E-state index in [9.17, 15) is 4.79 Å². The van der Waals surface area contributed by atoms with Gasteiger partial charge < -0.3 is 9.80 Å². The molecule has 1 spiro atoms. The van der Waals surface area contributed by atoms with Crippen LogP contribution < -0.4 is 0 Å². The second-order valence-corrected chi connectivity index (χ2v) is 8.72. The number of piperidine rings is 2. The van der Waals surface area contributed by atoms with Crippen molar-refractivity contribution < 1.29 is 4.79 Å². The molecule has 28 heavy (non-hydrogen) atoms. The highest BCUT2D eigenvalue weighted by molar-refractivity contribution is 5.95. The van der Waals surface area contributed by atoms with Crippen molar-refractivity contribution in [2.75, 3.05) is 33.2 Å². The van der Waals surface area contributed by atoms with E-state index in [1.807, 2.05) is 18.7 Å². The molecule has 148 valence electrons. The molecule has 0 saturated carbocycles. The molecule has 1 atom stereocenters. The lowest BCUT2D eigenvalue weighted by atomic mass is 9.68. The van der Waals surface area contributed by atoms with E-state index in [1.165, 1.54) is 12.0 Å². The molecule has 4 rings (SSSR count). The summed E-state index contributed by atoms with van der Waals surface area (Å²) in [4.78, 5) is 26.1. The molecular weight excluding hydrogens is 348 g/mol. The number of carbonyl (C=O) groups is 1. The highest BCUT2D eigenvalue weighted by atomic mass is 16.2.